The van der Waals surface area contributed by atoms with Gasteiger partial charge in [-0.2, -0.15) is 0 Å². The highest BCUT2D eigenvalue weighted by Gasteiger charge is 2.54. The molecule has 5 nitrogen and oxygen atoms in total. The van der Waals surface area contributed by atoms with Crippen molar-refractivity contribution in [3.63, 3.8) is 0 Å². The number of nitrogens with zero attached hydrogens (tertiary/aromatic N) is 3. The predicted octanol–water partition coefficient (Wildman–Crippen LogP) is 14.8. The Morgan fingerprint density at radius 3 is 1.64 bits per heavy atom. The van der Waals surface area contributed by atoms with Gasteiger partial charge in [0.1, 0.15) is 28.1 Å². The van der Waals surface area contributed by atoms with Crippen molar-refractivity contribution in [2.24, 2.45) is 0 Å². The normalized spacial score (nSPS) is 14.7. The van der Waals surface area contributed by atoms with E-state index in [0.29, 0.717) is 17.5 Å². The molecule has 298 valence electrons. The van der Waals surface area contributed by atoms with Gasteiger partial charge in [-0.05, 0) is 69.3 Å². The van der Waals surface area contributed by atoms with Crippen LogP contribution in [0.2, 0.25) is 0 Å². The van der Waals surface area contributed by atoms with E-state index >= 15 is 4.39 Å². The molecule has 0 fully saturated rings. The quantitative estimate of drug-likeness (QED) is 0.177. The van der Waals surface area contributed by atoms with Crippen LogP contribution in [0.4, 0.5) is 4.39 Å². The fourth-order valence-corrected chi connectivity index (χ4v) is 10.7. The second-order valence-electron chi connectivity index (χ2n) is 16.7. The maximum absolute atomic E-state index is 15.9. The fourth-order valence-electron chi connectivity index (χ4n) is 10.7. The third-order valence-electron chi connectivity index (χ3n) is 13.4. The first-order chi connectivity index (χ1) is 31.6. The van der Waals surface area contributed by atoms with Crippen LogP contribution in [-0.2, 0) is 5.41 Å². The standard InChI is InChI=1S/C58H32FN3O2/c59-37-27-28-39-38-17-7-10-20-44(38)58(46(39)31-37)45-30-29-41-40-18-8-11-21-48(40)63-53(41)52(45)51-47(58)32-43(54-50(51)42-19-9-12-22-49(42)64-54)33-23-25-36(26-24-33)57-61-55(34-13-3-1-4-14-34)60-56(62-57)35-15-5-2-6-16-35/h1-32H. The lowest BCUT2D eigenvalue weighted by atomic mass is 9.70. The molecule has 0 bridgehead atoms. The van der Waals surface area contributed by atoms with Gasteiger partial charge in [0.15, 0.2) is 17.5 Å². The monoisotopic (exact) mass is 821 g/mol. The van der Waals surface area contributed by atoms with E-state index in [1.54, 1.807) is 12.1 Å². The summed E-state index contributed by atoms with van der Waals surface area (Å²) in [5, 5.41) is 4.09. The van der Waals surface area contributed by atoms with Crippen LogP contribution in [0.1, 0.15) is 22.3 Å². The molecule has 0 radical (unpaired) electrons. The maximum Gasteiger partial charge on any atom is 0.164 e. The lowest BCUT2D eigenvalue weighted by Gasteiger charge is -2.30. The Morgan fingerprint density at radius 2 is 0.922 bits per heavy atom. The van der Waals surface area contributed by atoms with Gasteiger partial charge in [0.25, 0.3) is 0 Å². The van der Waals surface area contributed by atoms with E-state index in [2.05, 4.69) is 91.0 Å². The molecule has 3 heterocycles. The Balaban J connectivity index is 1.06. The molecule has 0 saturated carbocycles. The van der Waals surface area contributed by atoms with Gasteiger partial charge in [-0.25, -0.2) is 19.3 Å². The third-order valence-corrected chi connectivity index (χ3v) is 13.4. The summed E-state index contributed by atoms with van der Waals surface area (Å²) in [4.78, 5) is 14.9. The molecule has 2 aliphatic rings. The van der Waals surface area contributed by atoms with Crippen molar-refractivity contribution in [2.45, 2.75) is 5.41 Å². The zero-order chi connectivity index (χ0) is 42.1. The molecular weight excluding hydrogens is 790 g/mol. The van der Waals surface area contributed by atoms with E-state index in [0.717, 1.165) is 116 Å². The molecule has 1 unspecified atom stereocenters. The second kappa shape index (κ2) is 13.0. The largest absolute Gasteiger partial charge is 0.455 e. The first-order valence-corrected chi connectivity index (χ1v) is 21.4. The van der Waals surface area contributed by atoms with E-state index in [1.165, 1.54) is 0 Å². The summed E-state index contributed by atoms with van der Waals surface area (Å²) in [6.45, 7) is 0. The molecule has 2 aliphatic carbocycles. The summed E-state index contributed by atoms with van der Waals surface area (Å²) in [7, 11) is 0. The molecule has 1 spiro atoms. The van der Waals surface area contributed by atoms with E-state index in [1.807, 2.05) is 91.0 Å². The number of aromatic nitrogens is 3. The minimum Gasteiger partial charge on any atom is -0.455 e. The molecule has 3 aromatic heterocycles. The van der Waals surface area contributed by atoms with Crippen molar-refractivity contribution >= 4 is 43.9 Å². The van der Waals surface area contributed by atoms with Crippen LogP contribution in [-0.4, -0.2) is 15.0 Å². The molecule has 0 amide bonds. The molecule has 9 aromatic carbocycles. The van der Waals surface area contributed by atoms with Crippen molar-refractivity contribution in [3.8, 4) is 67.5 Å². The zero-order valence-corrected chi connectivity index (χ0v) is 34.0. The van der Waals surface area contributed by atoms with Gasteiger partial charge in [0, 0.05) is 54.9 Å². The number of furan rings is 2. The smallest absolute Gasteiger partial charge is 0.164 e. The van der Waals surface area contributed by atoms with E-state index in [9.17, 15) is 0 Å². The zero-order valence-electron chi connectivity index (χ0n) is 34.0. The molecule has 1 atom stereocenters. The van der Waals surface area contributed by atoms with E-state index in [4.69, 9.17) is 23.8 Å². The fraction of sp³-hybridized carbons (Fsp3) is 0.0172. The summed E-state index contributed by atoms with van der Waals surface area (Å²) in [5.41, 5.74) is 15.2. The van der Waals surface area contributed by atoms with Gasteiger partial charge in [-0.15, -0.1) is 0 Å². The minimum atomic E-state index is -0.861. The molecule has 0 N–H and O–H groups in total. The Morgan fingerprint density at radius 1 is 0.359 bits per heavy atom. The van der Waals surface area contributed by atoms with Gasteiger partial charge >= 0.3 is 0 Å². The van der Waals surface area contributed by atoms with Gasteiger partial charge in [-0.3, -0.25) is 0 Å². The first-order valence-electron chi connectivity index (χ1n) is 21.4. The van der Waals surface area contributed by atoms with Crippen molar-refractivity contribution in [1.82, 2.24) is 15.0 Å². The lowest BCUT2D eigenvalue weighted by Crippen LogP contribution is -2.26. The Labute approximate surface area is 365 Å². The minimum absolute atomic E-state index is 0.277. The van der Waals surface area contributed by atoms with E-state index in [-0.39, 0.29) is 5.82 Å². The summed E-state index contributed by atoms with van der Waals surface area (Å²) in [6, 6.07) is 65.4. The van der Waals surface area contributed by atoms with Crippen molar-refractivity contribution in [2.75, 3.05) is 0 Å². The Kier molecular flexibility index (Phi) is 7.15. The number of halogens is 1. The van der Waals surface area contributed by atoms with Crippen LogP contribution in [0.5, 0.6) is 0 Å². The SMILES string of the molecule is Fc1ccc2c(c1)C1(c3ccccc3-2)c2ccc3c(oc4ccccc43)c2-c2c1cc(-c1ccc(-c3nc(-c4ccccc4)nc(-c4ccccc4)n3)cc1)c1oc3ccccc3c21. The molecule has 0 saturated heterocycles. The topological polar surface area (TPSA) is 65.0 Å². The van der Waals surface area contributed by atoms with Gasteiger partial charge in [0.05, 0.1) is 5.41 Å². The molecule has 12 aromatic rings. The number of rotatable bonds is 4. The molecular formula is C58H32FN3O2. The highest BCUT2D eigenvalue weighted by atomic mass is 19.1. The van der Waals surface area contributed by atoms with Gasteiger partial charge in [-0.1, -0.05) is 164 Å². The Bertz CT molecular complexity index is 3850. The second-order valence-corrected chi connectivity index (χ2v) is 16.7. The summed E-state index contributed by atoms with van der Waals surface area (Å²) in [6.07, 6.45) is 0. The lowest BCUT2D eigenvalue weighted by molar-refractivity contribution is 0.622. The van der Waals surface area contributed by atoms with Gasteiger partial charge in [0.2, 0.25) is 0 Å². The highest BCUT2D eigenvalue weighted by Crippen LogP contribution is 2.66. The van der Waals surface area contributed by atoms with Crippen LogP contribution in [0.25, 0.3) is 111 Å². The number of hydrogen-bond acceptors (Lipinski definition) is 5. The molecule has 64 heavy (non-hydrogen) atoms. The summed E-state index contributed by atoms with van der Waals surface area (Å²) < 4.78 is 29.8. The van der Waals surface area contributed by atoms with Crippen molar-refractivity contribution in [1.29, 1.82) is 0 Å². The number of hydrogen-bond donors (Lipinski definition) is 0. The number of fused-ring (bicyclic) bond motifs is 18. The molecule has 14 rings (SSSR count). The molecule has 0 aliphatic heterocycles. The van der Waals surface area contributed by atoms with Crippen LogP contribution in [0, 0.1) is 5.82 Å². The van der Waals surface area contributed by atoms with Crippen LogP contribution in [0.3, 0.4) is 0 Å². The highest BCUT2D eigenvalue weighted by molar-refractivity contribution is 6.23. The number of para-hydroxylation sites is 2. The predicted molar refractivity (Wildman–Crippen MR) is 252 cm³/mol. The average molecular weight is 822 g/mol. The number of benzene rings is 9. The molecule has 6 heteroatoms. The van der Waals surface area contributed by atoms with Crippen LogP contribution >= 0.6 is 0 Å². The van der Waals surface area contributed by atoms with Gasteiger partial charge < -0.3 is 8.83 Å². The van der Waals surface area contributed by atoms with Crippen molar-refractivity contribution in [3.05, 3.63) is 222 Å². The van der Waals surface area contributed by atoms with E-state index < -0.39 is 5.41 Å². The summed E-state index contributed by atoms with van der Waals surface area (Å²) in [5.74, 6) is 1.51. The maximum atomic E-state index is 15.9. The average Bonchev–Trinajstić information content (AvgIpc) is 4.09. The van der Waals surface area contributed by atoms with Crippen LogP contribution < -0.4 is 0 Å². The first kappa shape index (κ1) is 35.2. The summed E-state index contributed by atoms with van der Waals surface area (Å²) >= 11 is 0. The van der Waals surface area contributed by atoms with Crippen molar-refractivity contribution < 1.29 is 13.2 Å². The van der Waals surface area contributed by atoms with Crippen LogP contribution in [0.15, 0.2) is 203 Å². The third kappa shape index (κ3) is 4.74. The Hall–Kier alpha value is -8.48.